The average Bonchev–Trinajstić information content (AvgIpc) is 2.92. The highest BCUT2D eigenvalue weighted by molar-refractivity contribution is 5.89. The summed E-state index contributed by atoms with van der Waals surface area (Å²) in [6.45, 7) is 6.06. The van der Waals surface area contributed by atoms with Crippen LogP contribution in [0.25, 0.3) is 0 Å². The van der Waals surface area contributed by atoms with Crippen LogP contribution in [0, 0.1) is 18.8 Å². The fourth-order valence-electron chi connectivity index (χ4n) is 3.06. The van der Waals surface area contributed by atoms with Crippen LogP contribution in [0.1, 0.15) is 45.4 Å². The number of aliphatic hydroxyl groups is 1. The molecule has 1 fully saturated rings. The summed E-state index contributed by atoms with van der Waals surface area (Å²) in [5.74, 6) is -0.575. The van der Waals surface area contributed by atoms with Crippen LogP contribution in [0.4, 0.5) is 5.95 Å². The molecule has 0 saturated heterocycles. The summed E-state index contributed by atoms with van der Waals surface area (Å²) in [5, 5.41) is 24.9. The lowest BCUT2D eigenvalue weighted by atomic mass is 9.79. The maximum Gasteiger partial charge on any atom is 0.369 e. The second-order valence-electron chi connectivity index (χ2n) is 6.57. The number of nitrogens with one attached hydrogen (secondary N) is 1. The monoisotopic (exact) mass is 335 g/mol. The van der Waals surface area contributed by atoms with Crippen molar-refractivity contribution in [1.82, 2.24) is 15.2 Å². The van der Waals surface area contributed by atoms with E-state index in [0.717, 1.165) is 12.8 Å². The first kappa shape index (κ1) is 16.4. The first-order valence-electron chi connectivity index (χ1n) is 8.05. The van der Waals surface area contributed by atoms with E-state index in [0.29, 0.717) is 30.5 Å². The Kier molecular flexibility index (Phi) is 4.25. The van der Waals surface area contributed by atoms with Gasteiger partial charge in [-0.25, -0.2) is 4.79 Å². The fourth-order valence-corrected chi connectivity index (χ4v) is 3.06. The Labute approximate surface area is 139 Å². The van der Waals surface area contributed by atoms with Crippen LogP contribution in [0.2, 0.25) is 0 Å². The van der Waals surface area contributed by atoms with Gasteiger partial charge >= 0.3 is 11.9 Å². The molecule has 1 aromatic heterocycles. The third-order valence-electron chi connectivity index (χ3n) is 4.52. The van der Waals surface area contributed by atoms with Gasteiger partial charge in [-0.2, -0.15) is 0 Å². The number of hydrogen-bond donors (Lipinski definition) is 2. The lowest BCUT2D eigenvalue weighted by molar-refractivity contribution is -0.253. The largest absolute Gasteiger partial charge is 0.479 e. The molecule has 0 amide bonds. The van der Waals surface area contributed by atoms with Crippen LogP contribution >= 0.6 is 0 Å². The van der Waals surface area contributed by atoms with Gasteiger partial charge in [0.1, 0.15) is 5.82 Å². The molecular weight excluding hydrogens is 314 g/mol. The Morgan fingerprint density at radius 1 is 1.25 bits per heavy atom. The molecule has 1 aliphatic carbocycles. The normalized spacial score (nSPS) is 27.8. The van der Waals surface area contributed by atoms with Gasteiger partial charge in [-0.05, 0) is 31.6 Å². The van der Waals surface area contributed by atoms with Gasteiger partial charge in [0.25, 0.3) is 17.4 Å². The lowest BCUT2D eigenvalue weighted by Crippen LogP contribution is -2.45. The summed E-state index contributed by atoms with van der Waals surface area (Å²) in [4.78, 5) is 14.9. The van der Waals surface area contributed by atoms with Crippen molar-refractivity contribution in [3.05, 3.63) is 17.5 Å². The van der Waals surface area contributed by atoms with Crippen molar-refractivity contribution in [2.45, 2.75) is 52.2 Å². The Balaban J connectivity index is 1.73. The van der Waals surface area contributed by atoms with Gasteiger partial charge in [0.05, 0.1) is 0 Å². The number of aromatic nitrogens is 3. The predicted molar refractivity (Wildman–Crippen MR) is 82.0 cm³/mol. The molecule has 1 spiro atoms. The van der Waals surface area contributed by atoms with Crippen molar-refractivity contribution in [2.24, 2.45) is 22.1 Å². The standard InChI is InChI=1S/C15H21N5O4/c1-8(2)10-4-6-15(7-5-10)23-12(21)11(13(22)24-15)18-20-14-16-9(3)17-19-14/h8,10,21H,4-7H2,1-3H3,(H,16,17,19). The molecular formula is C15H21N5O4. The van der Waals surface area contributed by atoms with Crippen LogP contribution in [-0.2, 0) is 14.3 Å². The third-order valence-corrected chi connectivity index (χ3v) is 4.52. The van der Waals surface area contributed by atoms with Gasteiger partial charge in [0.15, 0.2) is 0 Å². The molecule has 2 N–H and O–H groups in total. The zero-order valence-electron chi connectivity index (χ0n) is 13.9. The Morgan fingerprint density at radius 3 is 2.50 bits per heavy atom. The van der Waals surface area contributed by atoms with Crippen molar-refractivity contribution in [1.29, 1.82) is 0 Å². The maximum atomic E-state index is 12.2. The van der Waals surface area contributed by atoms with Gasteiger partial charge in [0.2, 0.25) is 0 Å². The highest BCUT2D eigenvalue weighted by Crippen LogP contribution is 2.42. The van der Waals surface area contributed by atoms with E-state index in [1.54, 1.807) is 6.92 Å². The topological polar surface area (TPSA) is 122 Å². The zero-order valence-corrected chi connectivity index (χ0v) is 13.9. The first-order valence-corrected chi connectivity index (χ1v) is 8.05. The van der Waals surface area contributed by atoms with Crippen molar-refractivity contribution >= 4 is 11.9 Å². The van der Waals surface area contributed by atoms with Crippen molar-refractivity contribution in [2.75, 3.05) is 0 Å². The number of nitrogens with zero attached hydrogens (tertiary/aromatic N) is 4. The van der Waals surface area contributed by atoms with Gasteiger partial charge < -0.3 is 19.6 Å². The molecule has 1 saturated carbocycles. The minimum Gasteiger partial charge on any atom is -0.479 e. The summed E-state index contributed by atoms with van der Waals surface area (Å²) in [7, 11) is 0. The van der Waals surface area contributed by atoms with E-state index in [-0.39, 0.29) is 11.6 Å². The van der Waals surface area contributed by atoms with Gasteiger partial charge in [-0.1, -0.05) is 13.8 Å². The molecule has 1 aliphatic heterocycles. The second kappa shape index (κ2) is 6.21. The number of aromatic amines is 1. The summed E-state index contributed by atoms with van der Waals surface area (Å²) < 4.78 is 11.0. The van der Waals surface area contributed by atoms with E-state index in [9.17, 15) is 9.90 Å². The van der Waals surface area contributed by atoms with Crippen LogP contribution < -0.4 is 0 Å². The number of carbonyl (C=O) groups is 1. The summed E-state index contributed by atoms with van der Waals surface area (Å²) >= 11 is 0. The van der Waals surface area contributed by atoms with Crippen molar-refractivity contribution in [3.63, 3.8) is 0 Å². The number of ether oxygens (including phenoxy) is 2. The van der Waals surface area contributed by atoms with E-state index in [4.69, 9.17) is 9.47 Å². The van der Waals surface area contributed by atoms with E-state index < -0.39 is 17.7 Å². The molecule has 0 unspecified atom stereocenters. The number of hydrogen-bond acceptors (Lipinski definition) is 8. The van der Waals surface area contributed by atoms with E-state index in [1.807, 2.05) is 0 Å². The Hall–Kier alpha value is -2.45. The van der Waals surface area contributed by atoms with Crippen molar-refractivity contribution < 1.29 is 19.4 Å². The highest BCUT2D eigenvalue weighted by Gasteiger charge is 2.47. The second-order valence-corrected chi connectivity index (χ2v) is 6.57. The zero-order chi connectivity index (χ0) is 17.3. The molecule has 130 valence electrons. The molecule has 0 atom stereocenters. The fraction of sp³-hybridized carbons (Fsp3) is 0.667. The third kappa shape index (κ3) is 3.24. The highest BCUT2D eigenvalue weighted by atomic mass is 16.8. The molecule has 24 heavy (non-hydrogen) atoms. The van der Waals surface area contributed by atoms with E-state index in [2.05, 4.69) is 39.3 Å². The number of azo groups is 1. The number of rotatable bonds is 3. The SMILES string of the molecule is Cc1nnc(N=NC2=C(O)OC3(CCC(C(C)C)CC3)OC2=O)[nH]1. The van der Waals surface area contributed by atoms with E-state index in [1.165, 1.54) is 0 Å². The minimum absolute atomic E-state index is 0.123. The summed E-state index contributed by atoms with van der Waals surface area (Å²) in [6.07, 6.45) is 2.87. The first-order chi connectivity index (χ1) is 11.4. The number of aliphatic hydroxyl groups excluding tert-OH is 1. The smallest absolute Gasteiger partial charge is 0.369 e. The maximum absolute atomic E-state index is 12.2. The van der Waals surface area contributed by atoms with Crippen molar-refractivity contribution in [3.8, 4) is 0 Å². The minimum atomic E-state index is -1.09. The number of aryl methyl sites for hydroxylation is 1. The Morgan fingerprint density at radius 2 is 1.96 bits per heavy atom. The predicted octanol–water partition coefficient (Wildman–Crippen LogP) is 3.04. The molecule has 0 aromatic carbocycles. The molecule has 1 aromatic rings. The average molecular weight is 335 g/mol. The van der Waals surface area contributed by atoms with E-state index >= 15 is 0 Å². The molecule has 9 nitrogen and oxygen atoms in total. The molecule has 0 radical (unpaired) electrons. The molecule has 2 heterocycles. The number of carbonyl (C=O) groups excluding carboxylic acids is 1. The van der Waals surface area contributed by atoms with Crippen LogP contribution in [0.5, 0.6) is 0 Å². The lowest BCUT2D eigenvalue weighted by Gasteiger charge is -2.41. The van der Waals surface area contributed by atoms with Gasteiger partial charge in [0, 0.05) is 12.8 Å². The summed E-state index contributed by atoms with van der Waals surface area (Å²) in [5.41, 5.74) is -0.374. The number of esters is 1. The van der Waals surface area contributed by atoms with Crippen LogP contribution in [-0.4, -0.2) is 32.0 Å². The number of H-pyrrole nitrogens is 1. The summed E-state index contributed by atoms with van der Waals surface area (Å²) in [6, 6.07) is 0. The van der Waals surface area contributed by atoms with Gasteiger partial charge in [-0.3, -0.25) is 0 Å². The van der Waals surface area contributed by atoms with Crippen LogP contribution in [0.3, 0.4) is 0 Å². The van der Waals surface area contributed by atoms with Crippen LogP contribution in [0.15, 0.2) is 21.9 Å². The Bertz CT molecular complexity index is 686. The molecule has 0 bridgehead atoms. The molecule has 2 aliphatic rings. The molecule has 9 heteroatoms. The quantitative estimate of drug-likeness (QED) is 0.646. The van der Waals surface area contributed by atoms with Gasteiger partial charge in [-0.15, -0.1) is 20.4 Å². The molecule has 3 rings (SSSR count).